The van der Waals surface area contributed by atoms with Crippen LogP contribution in [0.5, 0.6) is 0 Å². The van der Waals surface area contributed by atoms with Gasteiger partial charge in [0.1, 0.15) is 0 Å². The summed E-state index contributed by atoms with van der Waals surface area (Å²) in [6.07, 6.45) is 0.846. The molecule has 2 rings (SSSR count). The van der Waals surface area contributed by atoms with Gasteiger partial charge in [0, 0.05) is 10.7 Å². The third-order valence-electron chi connectivity index (χ3n) is 3.07. The molecular weight excluding hydrogens is 284 g/mol. The minimum absolute atomic E-state index is 0.0355. The predicted octanol–water partition coefficient (Wildman–Crippen LogP) is 3.42. The van der Waals surface area contributed by atoms with Crippen LogP contribution in [-0.4, -0.2) is 19.0 Å². The van der Waals surface area contributed by atoms with Crippen molar-refractivity contribution in [2.75, 3.05) is 18.4 Å². The fourth-order valence-corrected chi connectivity index (χ4v) is 2.27. The Hall–Kier alpha value is -1.84. The number of anilines is 1. The SMILES string of the molecule is Cc1cccc(NC(=O)CNCCc2cccc(Cl)c2)c1. The summed E-state index contributed by atoms with van der Waals surface area (Å²) in [6.45, 7) is 3.04. The van der Waals surface area contributed by atoms with Gasteiger partial charge in [-0.05, 0) is 55.3 Å². The Labute approximate surface area is 130 Å². The second kappa shape index (κ2) is 7.81. The summed E-state index contributed by atoms with van der Waals surface area (Å²) >= 11 is 5.93. The van der Waals surface area contributed by atoms with Crippen LogP contribution in [0.4, 0.5) is 5.69 Å². The van der Waals surface area contributed by atoms with Crippen molar-refractivity contribution in [2.24, 2.45) is 0 Å². The first-order valence-electron chi connectivity index (χ1n) is 6.95. The third kappa shape index (κ3) is 5.58. The molecule has 2 aromatic carbocycles. The van der Waals surface area contributed by atoms with Gasteiger partial charge in [-0.1, -0.05) is 35.9 Å². The molecule has 21 heavy (non-hydrogen) atoms. The Morgan fingerprint density at radius 2 is 1.95 bits per heavy atom. The first kappa shape index (κ1) is 15.5. The lowest BCUT2D eigenvalue weighted by atomic mass is 10.1. The quantitative estimate of drug-likeness (QED) is 0.803. The van der Waals surface area contributed by atoms with Crippen molar-refractivity contribution in [3.63, 3.8) is 0 Å². The van der Waals surface area contributed by atoms with Crippen molar-refractivity contribution in [3.05, 3.63) is 64.7 Å². The van der Waals surface area contributed by atoms with E-state index in [1.54, 1.807) is 0 Å². The van der Waals surface area contributed by atoms with Crippen LogP contribution in [0, 0.1) is 6.92 Å². The first-order valence-corrected chi connectivity index (χ1v) is 7.33. The van der Waals surface area contributed by atoms with E-state index in [2.05, 4.69) is 10.6 Å². The Kier molecular flexibility index (Phi) is 5.78. The number of amides is 1. The topological polar surface area (TPSA) is 41.1 Å². The van der Waals surface area contributed by atoms with Crippen molar-refractivity contribution >= 4 is 23.2 Å². The van der Waals surface area contributed by atoms with Crippen molar-refractivity contribution in [1.82, 2.24) is 5.32 Å². The number of hydrogen-bond donors (Lipinski definition) is 2. The van der Waals surface area contributed by atoms with Crippen molar-refractivity contribution in [2.45, 2.75) is 13.3 Å². The third-order valence-corrected chi connectivity index (χ3v) is 3.30. The summed E-state index contributed by atoms with van der Waals surface area (Å²) in [4.78, 5) is 11.8. The number of halogens is 1. The maximum atomic E-state index is 11.8. The lowest BCUT2D eigenvalue weighted by Gasteiger charge is -2.07. The lowest BCUT2D eigenvalue weighted by molar-refractivity contribution is -0.115. The molecule has 1 amide bonds. The van der Waals surface area contributed by atoms with Crippen molar-refractivity contribution < 1.29 is 4.79 Å². The minimum atomic E-state index is -0.0355. The monoisotopic (exact) mass is 302 g/mol. The molecule has 3 nitrogen and oxygen atoms in total. The van der Waals surface area contributed by atoms with Gasteiger partial charge in [-0.15, -0.1) is 0 Å². The van der Waals surface area contributed by atoms with E-state index in [0.717, 1.165) is 34.8 Å². The summed E-state index contributed by atoms with van der Waals surface area (Å²) in [5.41, 5.74) is 3.12. The molecule has 0 bridgehead atoms. The lowest BCUT2D eigenvalue weighted by Crippen LogP contribution is -2.29. The van der Waals surface area contributed by atoms with Crippen LogP contribution >= 0.6 is 11.6 Å². The average Bonchev–Trinajstić information content (AvgIpc) is 2.44. The van der Waals surface area contributed by atoms with Crippen LogP contribution in [0.1, 0.15) is 11.1 Å². The van der Waals surface area contributed by atoms with Gasteiger partial charge in [0.15, 0.2) is 0 Å². The molecule has 0 aliphatic carbocycles. The van der Waals surface area contributed by atoms with Crippen molar-refractivity contribution in [3.8, 4) is 0 Å². The van der Waals surface area contributed by atoms with Crippen molar-refractivity contribution in [1.29, 1.82) is 0 Å². The van der Waals surface area contributed by atoms with Gasteiger partial charge >= 0.3 is 0 Å². The van der Waals surface area contributed by atoms with Crippen LogP contribution in [0.15, 0.2) is 48.5 Å². The van der Waals surface area contributed by atoms with Gasteiger partial charge in [-0.25, -0.2) is 0 Å². The minimum Gasteiger partial charge on any atom is -0.325 e. The number of hydrogen-bond acceptors (Lipinski definition) is 2. The van der Waals surface area contributed by atoms with E-state index >= 15 is 0 Å². The molecule has 4 heteroatoms. The molecular formula is C17H19ClN2O. The normalized spacial score (nSPS) is 10.4. The highest BCUT2D eigenvalue weighted by Gasteiger charge is 2.02. The number of aryl methyl sites for hydroxylation is 1. The highest BCUT2D eigenvalue weighted by atomic mass is 35.5. The predicted molar refractivity (Wildman–Crippen MR) is 87.8 cm³/mol. The molecule has 110 valence electrons. The van der Waals surface area contributed by atoms with Gasteiger partial charge < -0.3 is 10.6 Å². The standard InChI is InChI=1S/C17H19ClN2O/c1-13-4-2-7-16(10-13)20-17(21)12-19-9-8-14-5-3-6-15(18)11-14/h2-7,10-11,19H,8-9,12H2,1H3,(H,20,21). The molecule has 0 aliphatic heterocycles. The van der Waals surface area contributed by atoms with E-state index in [1.165, 1.54) is 0 Å². The highest BCUT2D eigenvalue weighted by molar-refractivity contribution is 6.30. The van der Waals surface area contributed by atoms with E-state index < -0.39 is 0 Å². The van der Waals surface area contributed by atoms with Gasteiger partial charge in [0.2, 0.25) is 5.91 Å². The fourth-order valence-electron chi connectivity index (χ4n) is 2.06. The Balaban J connectivity index is 1.70. The summed E-state index contributed by atoms with van der Waals surface area (Å²) < 4.78 is 0. The Bertz CT molecular complexity index is 613. The number of nitrogens with one attached hydrogen (secondary N) is 2. The molecule has 0 fully saturated rings. The Morgan fingerprint density at radius 1 is 1.14 bits per heavy atom. The summed E-state index contributed by atoms with van der Waals surface area (Å²) in [6, 6.07) is 15.5. The first-order chi connectivity index (χ1) is 10.1. The second-order valence-corrected chi connectivity index (χ2v) is 5.41. The van der Waals surface area contributed by atoms with E-state index in [0.29, 0.717) is 6.54 Å². The maximum Gasteiger partial charge on any atom is 0.238 e. The Morgan fingerprint density at radius 3 is 2.71 bits per heavy atom. The molecule has 0 atom stereocenters. The summed E-state index contributed by atoms with van der Waals surface area (Å²) in [7, 11) is 0. The molecule has 0 saturated carbocycles. The number of carbonyl (C=O) groups is 1. The smallest absolute Gasteiger partial charge is 0.238 e. The number of rotatable bonds is 6. The molecule has 0 unspecified atom stereocenters. The van der Waals surface area contributed by atoms with E-state index in [9.17, 15) is 4.79 Å². The molecule has 2 N–H and O–H groups in total. The number of carbonyl (C=O) groups excluding carboxylic acids is 1. The van der Waals surface area contributed by atoms with E-state index in [4.69, 9.17) is 11.6 Å². The molecule has 2 aromatic rings. The van der Waals surface area contributed by atoms with Gasteiger partial charge in [0.25, 0.3) is 0 Å². The molecule has 0 spiro atoms. The van der Waals surface area contributed by atoms with Gasteiger partial charge in [-0.2, -0.15) is 0 Å². The van der Waals surface area contributed by atoms with Crippen LogP contribution in [-0.2, 0) is 11.2 Å². The molecule has 0 aliphatic rings. The largest absolute Gasteiger partial charge is 0.325 e. The van der Waals surface area contributed by atoms with Gasteiger partial charge in [-0.3, -0.25) is 4.79 Å². The molecule has 0 aromatic heterocycles. The zero-order valence-electron chi connectivity index (χ0n) is 12.0. The fraction of sp³-hybridized carbons (Fsp3) is 0.235. The zero-order valence-corrected chi connectivity index (χ0v) is 12.8. The summed E-state index contributed by atoms with van der Waals surface area (Å²) in [5.74, 6) is -0.0355. The van der Waals surface area contributed by atoms with E-state index in [1.807, 2.05) is 55.5 Å². The number of benzene rings is 2. The summed E-state index contributed by atoms with van der Waals surface area (Å²) in [5, 5.41) is 6.74. The van der Waals surface area contributed by atoms with Crippen LogP contribution < -0.4 is 10.6 Å². The van der Waals surface area contributed by atoms with Crippen LogP contribution in [0.25, 0.3) is 0 Å². The maximum absolute atomic E-state index is 11.8. The van der Waals surface area contributed by atoms with E-state index in [-0.39, 0.29) is 5.91 Å². The average molecular weight is 303 g/mol. The van der Waals surface area contributed by atoms with Crippen LogP contribution in [0.3, 0.4) is 0 Å². The second-order valence-electron chi connectivity index (χ2n) is 4.97. The molecule has 0 saturated heterocycles. The molecule has 0 heterocycles. The highest BCUT2D eigenvalue weighted by Crippen LogP contribution is 2.11. The van der Waals surface area contributed by atoms with Crippen LogP contribution in [0.2, 0.25) is 5.02 Å². The van der Waals surface area contributed by atoms with Gasteiger partial charge in [0.05, 0.1) is 6.54 Å². The zero-order chi connectivity index (χ0) is 15.1. The molecule has 0 radical (unpaired) electrons.